The fourth-order valence-electron chi connectivity index (χ4n) is 2.03. The van der Waals surface area contributed by atoms with Crippen LogP contribution in [-0.2, 0) is 4.79 Å². The molecule has 0 aromatic heterocycles. The summed E-state index contributed by atoms with van der Waals surface area (Å²) in [5.41, 5.74) is -1.42. The molecule has 0 spiro atoms. The van der Waals surface area contributed by atoms with Crippen LogP contribution in [0.3, 0.4) is 0 Å². The van der Waals surface area contributed by atoms with Crippen LogP contribution in [0, 0.1) is 0 Å². The van der Waals surface area contributed by atoms with Gasteiger partial charge >= 0.3 is 12.0 Å². The molecule has 3 N–H and O–H groups in total. The van der Waals surface area contributed by atoms with Gasteiger partial charge < -0.3 is 25.3 Å². The number of urea groups is 1. The Hall–Kier alpha value is -1.34. The Labute approximate surface area is 113 Å². The van der Waals surface area contributed by atoms with Crippen molar-refractivity contribution in [2.45, 2.75) is 25.9 Å². The van der Waals surface area contributed by atoms with Crippen LogP contribution in [0.5, 0.6) is 0 Å². The van der Waals surface area contributed by atoms with Gasteiger partial charge in [-0.15, -0.1) is 0 Å². The number of carbonyl (C=O) groups excluding carboxylic acids is 1. The van der Waals surface area contributed by atoms with E-state index in [1.54, 1.807) is 4.90 Å². The summed E-state index contributed by atoms with van der Waals surface area (Å²) in [6, 6.07) is -0.249. The fraction of sp³-hybridized carbons (Fsp3) is 0.833. The molecule has 1 fully saturated rings. The minimum absolute atomic E-state index is 0.0634. The number of piperazine rings is 1. The lowest BCUT2D eigenvalue weighted by molar-refractivity contribution is -0.141. The number of nitrogens with one attached hydrogen (secondary N) is 1. The van der Waals surface area contributed by atoms with Gasteiger partial charge in [-0.05, 0) is 13.5 Å². The third-order valence-corrected chi connectivity index (χ3v) is 3.26. The summed E-state index contributed by atoms with van der Waals surface area (Å²) in [6.07, 6.45) is -0.392. The van der Waals surface area contributed by atoms with Crippen LogP contribution in [0.4, 0.5) is 4.79 Å². The van der Waals surface area contributed by atoms with E-state index in [0.717, 1.165) is 19.6 Å². The molecule has 1 rings (SSSR count). The van der Waals surface area contributed by atoms with E-state index < -0.39 is 18.0 Å². The molecule has 1 atom stereocenters. The van der Waals surface area contributed by atoms with E-state index in [1.807, 2.05) is 0 Å². The largest absolute Gasteiger partial charge is 0.481 e. The molecular weight excluding hydrogens is 250 g/mol. The topological polar surface area (TPSA) is 93.1 Å². The van der Waals surface area contributed by atoms with Crippen LogP contribution in [0.25, 0.3) is 0 Å². The van der Waals surface area contributed by atoms with Crippen molar-refractivity contribution in [3.8, 4) is 0 Å². The van der Waals surface area contributed by atoms with Crippen molar-refractivity contribution < 1.29 is 19.8 Å². The predicted octanol–water partition coefficient (Wildman–Crippen LogP) is -0.441. The maximum absolute atomic E-state index is 11.9. The molecule has 0 saturated carbocycles. The number of carboxylic acids is 1. The zero-order valence-electron chi connectivity index (χ0n) is 11.6. The Morgan fingerprint density at radius 3 is 2.32 bits per heavy atom. The molecule has 1 heterocycles. The molecule has 0 bridgehead atoms. The van der Waals surface area contributed by atoms with Crippen LogP contribution in [0.15, 0.2) is 0 Å². The van der Waals surface area contributed by atoms with Gasteiger partial charge in [0.1, 0.15) is 0 Å². The molecule has 0 radical (unpaired) electrons. The minimum atomic E-state index is -1.42. The van der Waals surface area contributed by atoms with Gasteiger partial charge in [0, 0.05) is 32.7 Å². The Morgan fingerprint density at radius 2 is 1.84 bits per heavy atom. The fourth-order valence-corrected chi connectivity index (χ4v) is 2.03. The second kappa shape index (κ2) is 6.72. The first-order valence-electron chi connectivity index (χ1n) is 6.53. The Bertz CT molecular complexity index is 325. The van der Waals surface area contributed by atoms with Crippen molar-refractivity contribution in [3.05, 3.63) is 0 Å². The van der Waals surface area contributed by atoms with E-state index in [1.165, 1.54) is 6.92 Å². The molecule has 110 valence electrons. The van der Waals surface area contributed by atoms with Crippen molar-refractivity contribution in [3.63, 3.8) is 0 Å². The summed E-state index contributed by atoms with van der Waals surface area (Å²) >= 11 is 0. The summed E-state index contributed by atoms with van der Waals surface area (Å²) in [6.45, 7) is 7.39. The predicted molar refractivity (Wildman–Crippen MR) is 70.0 cm³/mol. The van der Waals surface area contributed by atoms with Gasteiger partial charge in [-0.3, -0.25) is 4.79 Å². The van der Waals surface area contributed by atoms with E-state index in [9.17, 15) is 14.7 Å². The van der Waals surface area contributed by atoms with Gasteiger partial charge in [-0.1, -0.05) is 6.92 Å². The van der Waals surface area contributed by atoms with Crippen LogP contribution >= 0.6 is 0 Å². The van der Waals surface area contributed by atoms with Gasteiger partial charge in [-0.2, -0.15) is 0 Å². The van der Waals surface area contributed by atoms with E-state index in [-0.39, 0.29) is 12.6 Å². The highest BCUT2D eigenvalue weighted by molar-refractivity contribution is 5.74. The average Bonchev–Trinajstić information content (AvgIpc) is 2.34. The first-order valence-corrected chi connectivity index (χ1v) is 6.53. The smallest absolute Gasteiger partial charge is 0.317 e. The quantitative estimate of drug-likeness (QED) is 0.631. The molecule has 1 aliphatic heterocycles. The number of nitrogens with zero attached hydrogens (tertiary/aromatic N) is 2. The Kier molecular flexibility index (Phi) is 5.56. The summed E-state index contributed by atoms with van der Waals surface area (Å²) in [4.78, 5) is 26.3. The van der Waals surface area contributed by atoms with Crippen molar-refractivity contribution >= 4 is 12.0 Å². The zero-order valence-corrected chi connectivity index (χ0v) is 11.6. The molecule has 2 amide bonds. The number of rotatable bonds is 5. The van der Waals surface area contributed by atoms with Crippen molar-refractivity contribution in [1.82, 2.24) is 15.1 Å². The minimum Gasteiger partial charge on any atom is -0.481 e. The number of aliphatic hydroxyl groups is 1. The summed E-state index contributed by atoms with van der Waals surface area (Å²) in [5, 5.41) is 21.0. The van der Waals surface area contributed by atoms with Gasteiger partial charge in [0.15, 0.2) is 0 Å². The summed E-state index contributed by atoms with van der Waals surface area (Å²) in [7, 11) is 0. The standard InChI is InChI=1S/C12H23N3O4/c1-3-14-4-6-15(7-5-14)11(18)13-9-12(2,19)8-10(16)17/h19H,3-9H2,1-2H3,(H,13,18)(H,16,17). The van der Waals surface area contributed by atoms with E-state index in [2.05, 4.69) is 17.1 Å². The normalized spacial score (nSPS) is 19.8. The maximum Gasteiger partial charge on any atom is 0.317 e. The van der Waals surface area contributed by atoms with E-state index in [0.29, 0.717) is 13.1 Å². The molecule has 0 aromatic carbocycles. The summed E-state index contributed by atoms with van der Waals surface area (Å²) in [5.74, 6) is -1.09. The second-order valence-electron chi connectivity index (χ2n) is 5.15. The van der Waals surface area contributed by atoms with Crippen molar-refractivity contribution in [1.29, 1.82) is 0 Å². The molecular formula is C12H23N3O4. The highest BCUT2D eigenvalue weighted by atomic mass is 16.4. The van der Waals surface area contributed by atoms with Crippen LogP contribution in [0.1, 0.15) is 20.3 Å². The molecule has 1 unspecified atom stereocenters. The molecule has 7 heteroatoms. The average molecular weight is 273 g/mol. The highest BCUT2D eigenvalue weighted by Crippen LogP contribution is 2.08. The number of hydrogen-bond acceptors (Lipinski definition) is 4. The van der Waals surface area contributed by atoms with Crippen LogP contribution < -0.4 is 5.32 Å². The number of carboxylic acid groups (broad SMARTS) is 1. The van der Waals surface area contributed by atoms with Crippen LogP contribution in [0.2, 0.25) is 0 Å². The summed E-state index contributed by atoms with van der Waals surface area (Å²) < 4.78 is 0. The molecule has 0 aliphatic carbocycles. The van der Waals surface area contributed by atoms with Crippen molar-refractivity contribution in [2.24, 2.45) is 0 Å². The monoisotopic (exact) mass is 273 g/mol. The van der Waals surface area contributed by atoms with E-state index >= 15 is 0 Å². The molecule has 0 aromatic rings. The molecule has 7 nitrogen and oxygen atoms in total. The number of amides is 2. The van der Waals surface area contributed by atoms with Gasteiger partial charge in [0.25, 0.3) is 0 Å². The highest BCUT2D eigenvalue weighted by Gasteiger charge is 2.26. The molecule has 1 saturated heterocycles. The van der Waals surface area contributed by atoms with Gasteiger partial charge in [-0.25, -0.2) is 4.79 Å². The lowest BCUT2D eigenvalue weighted by Gasteiger charge is -2.34. The first kappa shape index (κ1) is 15.7. The zero-order chi connectivity index (χ0) is 14.5. The Morgan fingerprint density at radius 1 is 1.26 bits per heavy atom. The first-order chi connectivity index (χ1) is 8.84. The van der Waals surface area contributed by atoms with Crippen molar-refractivity contribution in [2.75, 3.05) is 39.3 Å². The SMILES string of the molecule is CCN1CCN(C(=O)NCC(C)(O)CC(=O)O)CC1. The second-order valence-corrected chi connectivity index (χ2v) is 5.15. The van der Waals surface area contributed by atoms with E-state index in [4.69, 9.17) is 5.11 Å². The number of hydrogen-bond donors (Lipinski definition) is 3. The lowest BCUT2D eigenvalue weighted by Crippen LogP contribution is -2.53. The maximum atomic E-state index is 11.9. The van der Waals surface area contributed by atoms with Gasteiger partial charge in [0.2, 0.25) is 0 Å². The number of aliphatic carboxylic acids is 1. The third kappa shape index (κ3) is 5.44. The lowest BCUT2D eigenvalue weighted by atomic mass is 10.0. The molecule has 19 heavy (non-hydrogen) atoms. The third-order valence-electron chi connectivity index (χ3n) is 3.26. The molecule has 1 aliphatic rings. The Balaban J connectivity index is 2.33. The van der Waals surface area contributed by atoms with Crippen LogP contribution in [-0.4, -0.2) is 76.9 Å². The number of carbonyl (C=O) groups is 2. The number of likely N-dealkylation sites (N-methyl/N-ethyl adjacent to an activating group) is 1. The van der Waals surface area contributed by atoms with Gasteiger partial charge in [0.05, 0.1) is 12.0 Å².